The van der Waals surface area contributed by atoms with E-state index in [9.17, 15) is 0 Å². The molecule has 0 aliphatic rings. The topological polar surface area (TPSA) is 4.10 Å². The molecule has 130 valence electrons. The number of nitrogens with zero attached hydrogens (tertiary/aromatic N) is 1. The Bertz CT molecular complexity index is 1210. The van der Waals surface area contributed by atoms with Crippen LogP contribution in [0.4, 0.5) is 0 Å². The second-order valence-corrected chi connectivity index (χ2v) is 6.53. The van der Waals surface area contributed by atoms with Crippen LogP contribution in [0, 0.1) is 0 Å². The molecule has 0 unspecified atom stereocenters. The molecule has 1 nitrogen and oxygen atoms in total. The van der Waals surface area contributed by atoms with E-state index < -0.39 is 0 Å². The van der Waals surface area contributed by atoms with E-state index in [1.807, 2.05) is 0 Å². The van der Waals surface area contributed by atoms with Crippen LogP contribution in [0.3, 0.4) is 0 Å². The smallest absolute Gasteiger partial charge is 0.219 e. The quantitative estimate of drug-likeness (QED) is 0.310. The van der Waals surface area contributed by atoms with Crippen LogP contribution < -0.4 is 21.4 Å². The first kappa shape index (κ1) is 17.4. The van der Waals surface area contributed by atoms with E-state index in [0.717, 1.165) is 0 Å². The number of rotatable bonds is 2. The van der Waals surface area contributed by atoms with Crippen LogP contribution in [0.25, 0.3) is 38.5 Å². The van der Waals surface area contributed by atoms with Crippen molar-refractivity contribution in [1.29, 1.82) is 0 Å². The molecule has 0 aliphatic heterocycles. The standard InChI is InChI=1S/C25H18N.BrH/c1-3-9-19(10-4-1)23-17-25-22-14-8-7-13-21(22)15-16-26(25)18-24(23)20-11-5-2-6-12-20;/h1-18H;1H/q+1;/p-1. The summed E-state index contributed by atoms with van der Waals surface area (Å²) in [5.41, 5.74) is 6.19. The molecule has 0 saturated carbocycles. The molecule has 0 aliphatic carbocycles. The molecule has 0 saturated heterocycles. The summed E-state index contributed by atoms with van der Waals surface area (Å²) in [7, 11) is 0. The van der Waals surface area contributed by atoms with E-state index in [4.69, 9.17) is 0 Å². The van der Waals surface area contributed by atoms with Crippen molar-refractivity contribution in [2.24, 2.45) is 0 Å². The van der Waals surface area contributed by atoms with Crippen molar-refractivity contribution in [2.75, 3.05) is 0 Å². The Morgan fingerprint density at radius 2 is 1.15 bits per heavy atom. The van der Waals surface area contributed by atoms with Crippen LogP contribution >= 0.6 is 0 Å². The fraction of sp³-hybridized carbons (Fsp3) is 0. The monoisotopic (exact) mass is 411 g/mol. The summed E-state index contributed by atoms with van der Waals surface area (Å²) in [6, 6.07) is 34.3. The number of fused-ring (bicyclic) bond motifs is 3. The maximum Gasteiger partial charge on any atom is 0.219 e. The van der Waals surface area contributed by atoms with Crippen molar-refractivity contribution in [2.45, 2.75) is 0 Å². The molecule has 0 N–H and O–H groups in total. The average Bonchev–Trinajstić information content (AvgIpc) is 2.74. The zero-order valence-corrected chi connectivity index (χ0v) is 16.3. The van der Waals surface area contributed by atoms with Gasteiger partial charge in [-0.25, -0.2) is 0 Å². The van der Waals surface area contributed by atoms with Gasteiger partial charge in [0, 0.05) is 17.7 Å². The van der Waals surface area contributed by atoms with E-state index in [1.54, 1.807) is 0 Å². The lowest BCUT2D eigenvalue weighted by atomic mass is 9.95. The highest BCUT2D eigenvalue weighted by Crippen LogP contribution is 2.33. The lowest BCUT2D eigenvalue weighted by Crippen LogP contribution is -3.00. The third-order valence-corrected chi connectivity index (χ3v) is 4.94. The van der Waals surface area contributed by atoms with Crippen LogP contribution in [0.1, 0.15) is 0 Å². The zero-order valence-electron chi connectivity index (χ0n) is 14.7. The third-order valence-electron chi connectivity index (χ3n) is 4.94. The van der Waals surface area contributed by atoms with Gasteiger partial charge in [0.15, 0.2) is 12.4 Å². The van der Waals surface area contributed by atoms with E-state index in [1.165, 1.54) is 38.5 Å². The number of pyridine rings is 2. The van der Waals surface area contributed by atoms with Gasteiger partial charge in [0.1, 0.15) is 0 Å². The van der Waals surface area contributed by atoms with Crippen molar-refractivity contribution in [3.05, 3.63) is 109 Å². The number of hydrogen-bond donors (Lipinski definition) is 0. The first-order valence-corrected chi connectivity index (χ1v) is 8.88. The number of hydrogen-bond acceptors (Lipinski definition) is 0. The second kappa shape index (κ2) is 7.34. The Labute approximate surface area is 169 Å². The van der Waals surface area contributed by atoms with E-state index in [-0.39, 0.29) is 17.0 Å². The predicted molar refractivity (Wildman–Crippen MR) is 108 cm³/mol. The van der Waals surface area contributed by atoms with Crippen LogP contribution in [-0.4, -0.2) is 0 Å². The zero-order chi connectivity index (χ0) is 17.3. The van der Waals surface area contributed by atoms with Gasteiger partial charge in [-0.15, -0.1) is 0 Å². The maximum absolute atomic E-state index is 2.32. The fourth-order valence-corrected chi connectivity index (χ4v) is 3.65. The van der Waals surface area contributed by atoms with Crippen molar-refractivity contribution >= 4 is 16.3 Å². The van der Waals surface area contributed by atoms with Crippen LogP contribution in [0.5, 0.6) is 0 Å². The molecular formula is C25H18BrN. The summed E-state index contributed by atoms with van der Waals surface area (Å²) in [6.45, 7) is 0. The van der Waals surface area contributed by atoms with Crippen LogP contribution in [0.15, 0.2) is 109 Å². The molecule has 2 heterocycles. The molecular weight excluding hydrogens is 394 g/mol. The fourth-order valence-electron chi connectivity index (χ4n) is 3.65. The van der Waals surface area contributed by atoms with Gasteiger partial charge in [0.25, 0.3) is 0 Å². The van der Waals surface area contributed by atoms with Crippen LogP contribution in [-0.2, 0) is 0 Å². The predicted octanol–water partition coefficient (Wildman–Crippen LogP) is 2.92. The molecule has 0 atom stereocenters. The first-order valence-electron chi connectivity index (χ1n) is 8.88. The lowest BCUT2D eigenvalue weighted by Gasteiger charge is -2.10. The summed E-state index contributed by atoms with van der Waals surface area (Å²) in [6.07, 6.45) is 4.40. The minimum atomic E-state index is 0. The molecule has 2 heteroatoms. The lowest BCUT2D eigenvalue weighted by molar-refractivity contribution is -0.510. The van der Waals surface area contributed by atoms with E-state index >= 15 is 0 Å². The van der Waals surface area contributed by atoms with Gasteiger partial charge < -0.3 is 17.0 Å². The Morgan fingerprint density at radius 1 is 0.556 bits per heavy atom. The minimum Gasteiger partial charge on any atom is -1.00 e. The Kier molecular flexibility index (Phi) is 4.74. The van der Waals surface area contributed by atoms with E-state index in [0.29, 0.717) is 0 Å². The maximum atomic E-state index is 2.32. The second-order valence-electron chi connectivity index (χ2n) is 6.53. The number of halogens is 1. The van der Waals surface area contributed by atoms with Crippen molar-refractivity contribution in [1.82, 2.24) is 0 Å². The SMILES string of the molecule is [Br-].c1ccc(-c2cc3c4ccccc4cc[n+]3cc2-c2ccccc2)cc1. The molecule has 2 aromatic heterocycles. The van der Waals surface area contributed by atoms with Crippen LogP contribution in [0.2, 0.25) is 0 Å². The molecule has 0 amide bonds. The summed E-state index contributed by atoms with van der Waals surface area (Å²) < 4.78 is 2.23. The van der Waals surface area contributed by atoms with Crippen molar-refractivity contribution < 1.29 is 21.4 Å². The van der Waals surface area contributed by atoms with Gasteiger partial charge in [0.2, 0.25) is 5.52 Å². The molecule has 5 rings (SSSR count). The highest BCUT2D eigenvalue weighted by atomic mass is 79.9. The summed E-state index contributed by atoms with van der Waals surface area (Å²) in [5.74, 6) is 0. The molecule has 27 heavy (non-hydrogen) atoms. The molecule has 0 radical (unpaired) electrons. The normalized spacial score (nSPS) is 10.7. The summed E-state index contributed by atoms with van der Waals surface area (Å²) in [4.78, 5) is 0. The number of aromatic nitrogens is 1. The van der Waals surface area contributed by atoms with Gasteiger partial charge in [-0.1, -0.05) is 78.9 Å². The van der Waals surface area contributed by atoms with Gasteiger partial charge in [0.05, 0.1) is 10.9 Å². The molecule has 3 aromatic carbocycles. The highest BCUT2D eigenvalue weighted by molar-refractivity contribution is 5.96. The summed E-state index contributed by atoms with van der Waals surface area (Å²) >= 11 is 0. The van der Waals surface area contributed by atoms with Crippen molar-refractivity contribution in [3.8, 4) is 22.3 Å². The van der Waals surface area contributed by atoms with Gasteiger partial charge in [-0.2, -0.15) is 4.40 Å². The van der Waals surface area contributed by atoms with Gasteiger partial charge in [-0.3, -0.25) is 0 Å². The molecule has 0 bridgehead atoms. The largest absolute Gasteiger partial charge is 1.00 e. The highest BCUT2D eigenvalue weighted by Gasteiger charge is 2.16. The number of benzene rings is 3. The first-order chi connectivity index (χ1) is 12.9. The molecule has 0 fully saturated rings. The minimum absolute atomic E-state index is 0. The Hall–Kier alpha value is -2.97. The average molecular weight is 412 g/mol. The molecule has 5 aromatic rings. The molecule has 0 spiro atoms. The van der Waals surface area contributed by atoms with Gasteiger partial charge >= 0.3 is 0 Å². The summed E-state index contributed by atoms with van der Waals surface area (Å²) in [5, 5.41) is 2.53. The van der Waals surface area contributed by atoms with Crippen molar-refractivity contribution in [3.63, 3.8) is 0 Å². The Morgan fingerprint density at radius 3 is 1.85 bits per heavy atom. The third kappa shape index (κ3) is 3.13. The van der Waals surface area contributed by atoms with Gasteiger partial charge in [-0.05, 0) is 22.6 Å². The van der Waals surface area contributed by atoms with E-state index in [2.05, 4.69) is 114 Å². The Balaban J connectivity index is 0.00000180.